The van der Waals surface area contributed by atoms with Crippen LogP contribution in [-0.2, 0) is 14.3 Å². The molecule has 11 heteroatoms. The van der Waals surface area contributed by atoms with Gasteiger partial charge in [0.25, 0.3) is 17.5 Å². The van der Waals surface area contributed by atoms with Crippen LogP contribution in [0.15, 0.2) is 36.4 Å². The third-order valence-corrected chi connectivity index (χ3v) is 4.74. The van der Waals surface area contributed by atoms with Crippen LogP contribution >= 0.6 is 11.6 Å². The van der Waals surface area contributed by atoms with Crippen molar-refractivity contribution in [2.75, 3.05) is 24.6 Å². The van der Waals surface area contributed by atoms with Crippen LogP contribution < -0.4 is 10.2 Å². The maximum Gasteiger partial charge on any atom is 0.325 e. The average molecular weight is 473 g/mol. The zero-order valence-corrected chi connectivity index (χ0v) is 18.7. The SMILES string of the molecule is Cc1cc(C)cc(N(CCC#N)C(=O)COC(=O)CNC(=O)c2ccc(Cl)c([N+](=O)[O-])c2)c1. The van der Waals surface area contributed by atoms with E-state index in [0.29, 0.717) is 5.69 Å². The van der Waals surface area contributed by atoms with E-state index in [-0.39, 0.29) is 23.6 Å². The fraction of sp³-hybridized carbons (Fsp3) is 0.273. The molecule has 0 aliphatic rings. The molecule has 0 radical (unpaired) electrons. The van der Waals surface area contributed by atoms with Crippen molar-refractivity contribution in [3.8, 4) is 6.07 Å². The number of amides is 2. The zero-order valence-electron chi connectivity index (χ0n) is 18.0. The minimum absolute atomic E-state index is 0.0625. The fourth-order valence-corrected chi connectivity index (χ4v) is 3.17. The number of carbonyl (C=O) groups excluding carboxylic acids is 3. The number of esters is 1. The highest BCUT2D eigenvalue weighted by atomic mass is 35.5. The molecule has 0 unspecified atom stereocenters. The van der Waals surface area contributed by atoms with E-state index in [9.17, 15) is 24.5 Å². The molecule has 10 nitrogen and oxygen atoms in total. The molecular formula is C22H21ClN4O6. The van der Waals surface area contributed by atoms with Gasteiger partial charge in [-0.15, -0.1) is 0 Å². The first-order valence-corrected chi connectivity index (χ1v) is 10.1. The van der Waals surface area contributed by atoms with E-state index in [4.69, 9.17) is 21.6 Å². The molecule has 0 saturated carbocycles. The van der Waals surface area contributed by atoms with Gasteiger partial charge < -0.3 is 15.0 Å². The predicted octanol–water partition coefficient (Wildman–Crippen LogP) is 3.08. The highest BCUT2D eigenvalue weighted by Gasteiger charge is 2.20. The number of nitrogens with one attached hydrogen (secondary N) is 1. The van der Waals surface area contributed by atoms with Crippen molar-refractivity contribution in [2.45, 2.75) is 20.3 Å². The van der Waals surface area contributed by atoms with Gasteiger partial charge in [0, 0.05) is 23.9 Å². The minimum Gasteiger partial charge on any atom is -0.454 e. The van der Waals surface area contributed by atoms with E-state index in [2.05, 4.69) is 5.32 Å². The first-order valence-electron chi connectivity index (χ1n) is 9.75. The number of halogens is 1. The number of benzene rings is 2. The molecule has 2 aromatic rings. The fourth-order valence-electron chi connectivity index (χ4n) is 2.99. The Bertz CT molecular complexity index is 1110. The summed E-state index contributed by atoms with van der Waals surface area (Å²) in [7, 11) is 0. The first kappa shape index (κ1) is 25.3. The van der Waals surface area contributed by atoms with Crippen molar-refractivity contribution in [3.05, 3.63) is 68.2 Å². The number of aryl methyl sites for hydroxylation is 2. The Morgan fingerprint density at radius 3 is 2.45 bits per heavy atom. The summed E-state index contributed by atoms with van der Waals surface area (Å²) in [4.78, 5) is 48.4. The molecule has 0 aliphatic heterocycles. The lowest BCUT2D eigenvalue weighted by Crippen LogP contribution is -2.37. The zero-order chi connectivity index (χ0) is 24.5. The summed E-state index contributed by atoms with van der Waals surface area (Å²) >= 11 is 5.71. The van der Waals surface area contributed by atoms with Crippen molar-refractivity contribution in [3.63, 3.8) is 0 Å². The quantitative estimate of drug-likeness (QED) is 0.335. The second-order valence-electron chi connectivity index (χ2n) is 7.07. The number of hydrogen-bond acceptors (Lipinski definition) is 7. The number of ether oxygens (including phenoxy) is 1. The third kappa shape index (κ3) is 7.29. The third-order valence-electron chi connectivity index (χ3n) is 4.42. The Hall–Kier alpha value is -3.97. The number of nitro groups is 1. The second-order valence-corrected chi connectivity index (χ2v) is 7.47. The van der Waals surface area contributed by atoms with Crippen LogP contribution in [0.5, 0.6) is 0 Å². The number of rotatable bonds is 9. The molecular weight excluding hydrogens is 452 g/mol. The van der Waals surface area contributed by atoms with E-state index in [1.807, 2.05) is 26.0 Å². The highest BCUT2D eigenvalue weighted by molar-refractivity contribution is 6.32. The molecule has 2 aromatic carbocycles. The summed E-state index contributed by atoms with van der Waals surface area (Å²) in [6, 6.07) is 11.0. The Morgan fingerprint density at radius 2 is 1.85 bits per heavy atom. The van der Waals surface area contributed by atoms with Gasteiger partial charge in [-0.05, 0) is 49.2 Å². The van der Waals surface area contributed by atoms with Gasteiger partial charge in [0.1, 0.15) is 11.6 Å². The number of nitro benzene ring substituents is 1. The molecule has 0 bridgehead atoms. The lowest BCUT2D eigenvalue weighted by atomic mass is 10.1. The maximum absolute atomic E-state index is 12.6. The van der Waals surface area contributed by atoms with E-state index in [1.165, 1.54) is 17.0 Å². The summed E-state index contributed by atoms with van der Waals surface area (Å²) in [6.07, 6.45) is 0.0932. The molecule has 0 saturated heterocycles. The Labute approximate surface area is 194 Å². The van der Waals surface area contributed by atoms with E-state index < -0.39 is 41.5 Å². The number of nitriles is 1. The summed E-state index contributed by atoms with van der Waals surface area (Å²) in [6.45, 7) is 2.74. The van der Waals surface area contributed by atoms with Crippen LogP contribution in [0.3, 0.4) is 0 Å². The molecule has 1 N–H and O–H groups in total. The second kappa shape index (κ2) is 11.6. The van der Waals surface area contributed by atoms with Gasteiger partial charge in [-0.1, -0.05) is 17.7 Å². The Morgan fingerprint density at radius 1 is 1.18 bits per heavy atom. The van der Waals surface area contributed by atoms with E-state index in [0.717, 1.165) is 17.2 Å². The van der Waals surface area contributed by atoms with Crippen molar-refractivity contribution in [2.24, 2.45) is 0 Å². The highest BCUT2D eigenvalue weighted by Crippen LogP contribution is 2.25. The smallest absolute Gasteiger partial charge is 0.325 e. The van der Waals surface area contributed by atoms with Crippen molar-refractivity contribution in [1.82, 2.24) is 5.32 Å². The van der Waals surface area contributed by atoms with Gasteiger partial charge in [0.15, 0.2) is 6.61 Å². The molecule has 172 valence electrons. The molecule has 0 fully saturated rings. The van der Waals surface area contributed by atoms with Crippen LogP contribution in [-0.4, -0.2) is 42.4 Å². The molecule has 0 heterocycles. The molecule has 2 amide bonds. The summed E-state index contributed by atoms with van der Waals surface area (Å²) in [5.41, 5.74) is 1.94. The van der Waals surface area contributed by atoms with Gasteiger partial charge in [-0.25, -0.2) is 0 Å². The Balaban J connectivity index is 1.96. The number of carbonyl (C=O) groups is 3. The number of hydrogen-bond donors (Lipinski definition) is 1. The number of anilines is 1. The van der Waals surface area contributed by atoms with Crippen LogP contribution in [0.4, 0.5) is 11.4 Å². The minimum atomic E-state index is -0.874. The Kier molecular flexibility index (Phi) is 8.89. The van der Waals surface area contributed by atoms with Gasteiger partial charge >= 0.3 is 5.97 Å². The largest absolute Gasteiger partial charge is 0.454 e. The topological polar surface area (TPSA) is 143 Å². The lowest BCUT2D eigenvalue weighted by Gasteiger charge is -2.22. The molecule has 0 spiro atoms. The molecule has 0 aliphatic carbocycles. The van der Waals surface area contributed by atoms with Gasteiger partial charge in [0.2, 0.25) is 0 Å². The normalized spacial score (nSPS) is 10.1. The van der Waals surface area contributed by atoms with Gasteiger partial charge in [0.05, 0.1) is 17.4 Å². The molecule has 2 rings (SSSR count). The average Bonchev–Trinajstić information content (AvgIpc) is 2.75. The van der Waals surface area contributed by atoms with E-state index in [1.54, 1.807) is 12.1 Å². The number of nitrogens with zero attached hydrogens (tertiary/aromatic N) is 3. The van der Waals surface area contributed by atoms with Crippen molar-refractivity contribution >= 4 is 40.8 Å². The van der Waals surface area contributed by atoms with Gasteiger partial charge in [-0.3, -0.25) is 24.5 Å². The predicted molar refractivity (Wildman–Crippen MR) is 120 cm³/mol. The van der Waals surface area contributed by atoms with Crippen LogP contribution in [0.25, 0.3) is 0 Å². The summed E-state index contributed by atoms with van der Waals surface area (Å²) in [5.74, 6) is -2.15. The standard InChI is InChI=1S/C22H21ClN4O6/c1-14-8-15(2)10-17(9-14)26(7-3-6-24)20(28)13-33-21(29)12-25-22(30)16-4-5-18(23)19(11-16)27(31)32/h4-5,8-11H,3,7,12-13H2,1-2H3,(H,25,30). The van der Waals surface area contributed by atoms with Crippen molar-refractivity contribution in [1.29, 1.82) is 5.26 Å². The van der Waals surface area contributed by atoms with E-state index >= 15 is 0 Å². The van der Waals surface area contributed by atoms with Crippen LogP contribution in [0.1, 0.15) is 27.9 Å². The first-order chi connectivity index (χ1) is 15.6. The monoisotopic (exact) mass is 472 g/mol. The molecule has 0 atom stereocenters. The van der Waals surface area contributed by atoms with Crippen molar-refractivity contribution < 1.29 is 24.0 Å². The van der Waals surface area contributed by atoms with Gasteiger partial charge in [-0.2, -0.15) is 5.26 Å². The lowest BCUT2D eigenvalue weighted by molar-refractivity contribution is -0.384. The maximum atomic E-state index is 12.6. The molecule has 33 heavy (non-hydrogen) atoms. The molecule has 0 aromatic heterocycles. The summed E-state index contributed by atoms with van der Waals surface area (Å²) in [5, 5.41) is 22.0. The van der Waals surface area contributed by atoms with Crippen LogP contribution in [0, 0.1) is 35.3 Å². The summed E-state index contributed by atoms with van der Waals surface area (Å²) < 4.78 is 4.96. The van der Waals surface area contributed by atoms with Crippen LogP contribution in [0.2, 0.25) is 5.02 Å².